The number of imide groups is 1. The lowest BCUT2D eigenvalue weighted by Crippen LogP contribution is -2.67. The van der Waals surface area contributed by atoms with Crippen LogP contribution in [0.3, 0.4) is 0 Å². The van der Waals surface area contributed by atoms with Gasteiger partial charge < -0.3 is 47.4 Å². The number of carbonyl (C=O) groups excluding carboxylic acids is 9. The van der Waals surface area contributed by atoms with Crippen molar-refractivity contribution in [3.8, 4) is 0 Å². The van der Waals surface area contributed by atoms with Gasteiger partial charge in [-0.25, -0.2) is 4.84 Å². The zero-order valence-electron chi connectivity index (χ0n) is 28.7. The van der Waals surface area contributed by atoms with Gasteiger partial charge in [0.1, 0.15) is 31.5 Å². The van der Waals surface area contributed by atoms with Crippen molar-refractivity contribution in [2.45, 2.75) is 123 Å². The van der Waals surface area contributed by atoms with Crippen LogP contribution >= 0.6 is 0 Å². The molecule has 284 valence electrons. The lowest BCUT2D eigenvalue weighted by molar-refractivity contribution is -0.376. The molecule has 0 aromatic heterocycles. The fourth-order valence-electron chi connectivity index (χ4n) is 5.33. The summed E-state index contributed by atoms with van der Waals surface area (Å²) in [5, 5.41) is 0.384. The van der Waals surface area contributed by atoms with E-state index in [-0.39, 0.29) is 12.8 Å². The number of carbonyl (C=O) groups is 9. The summed E-state index contributed by atoms with van der Waals surface area (Å²) in [7, 11) is 0. The van der Waals surface area contributed by atoms with Gasteiger partial charge >= 0.3 is 41.8 Å². The molecule has 0 N–H and O–H groups in total. The van der Waals surface area contributed by atoms with E-state index in [1.807, 2.05) is 0 Å². The summed E-state index contributed by atoms with van der Waals surface area (Å²) in [6.45, 7) is 5.80. The molecule has 3 aliphatic rings. The zero-order chi connectivity index (χ0) is 38.2. The highest BCUT2D eigenvalue weighted by molar-refractivity contribution is 6.00. The Bertz CT molecular complexity index is 1360. The van der Waals surface area contributed by atoms with Crippen LogP contribution in [-0.2, 0) is 95.4 Å². The maximum absolute atomic E-state index is 12.5. The molecule has 0 bridgehead atoms. The normalized spacial score (nSPS) is 30.5. The minimum atomic E-state index is -1.88. The molecule has 0 saturated carbocycles. The molecule has 0 unspecified atom stereocenters. The molecule has 0 radical (unpaired) electrons. The van der Waals surface area contributed by atoms with Crippen molar-refractivity contribution in [1.82, 2.24) is 5.06 Å². The number of nitrogens with zero attached hydrogens (tertiary/aromatic N) is 1. The van der Waals surface area contributed by atoms with Crippen LogP contribution in [-0.4, -0.2) is 133 Å². The number of hydrogen-bond acceptors (Lipinski definition) is 20. The molecule has 21 nitrogen and oxygen atoms in total. The Kier molecular flexibility index (Phi) is 14.3. The van der Waals surface area contributed by atoms with Crippen molar-refractivity contribution in [1.29, 1.82) is 0 Å². The number of amides is 2. The zero-order valence-corrected chi connectivity index (χ0v) is 28.7. The Morgan fingerprint density at radius 2 is 0.863 bits per heavy atom. The van der Waals surface area contributed by atoms with Gasteiger partial charge in [0.2, 0.25) is 6.29 Å². The monoisotopic (exact) mass is 733 g/mol. The van der Waals surface area contributed by atoms with Crippen LogP contribution in [0.25, 0.3) is 0 Å². The van der Waals surface area contributed by atoms with E-state index < -0.39 is 128 Å². The Labute approximate surface area is 290 Å². The number of esters is 7. The second kappa shape index (κ2) is 18.0. The molecule has 0 aromatic rings. The maximum atomic E-state index is 12.5. The van der Waals surface area contributed by atoms with Gasteiger partial charge in [0.05, 0.1) is 0 Å². The van der Waals surface area contributed by atoms with Crippen LogP contribution in [0.2, 0.25) is 0 Å². The number of rotatable bonds is 13. The minimum Gasteiger partial charge on any atom is -0.463 e. The fraction of sp³-hybridized carbons (Fsp3) is 0.700. The van der Waals surface area contributed by atoms with E-state index in [0.29, 0.717) is 5.06 Å². The third kappa shape index (κ3) is 11.4. The van der Waals surface area contributed by atoms with Crippen LogP contribution in [0.5, 0.6) is 0 Å². The second-order valence-electron chi connectivity index (χ2n) is 11.3. The first-order valence-electron chi connectivity index (χ1n) is 15.5. The van der Waals surface area contributed by atoms with Crippen LogP contribution in [0.4, 0.5) is 0 Å². The van der Waals surface area contributed by atoms with E-state index in [4.69, 9.17) is 52.2 Å². The largest absolute Gasteiger partial charge is 0.463 e. The van der Waals surface area contributed by atoms with Crippen molar-refractivity contribution >= 4 is 53.6 Å². The molecule has 0 aromatic carbocycles. The highest BCUT2D eigenvalue weighted by atomic mass is 16.8. The van der Waals surface area contributed by atoms with Crippen LogP contribution < -0.4 is 0 Å². The van der Waals surface area contributed by atoms with Crippen LogP contribution in [0, 0.1) is 0 Å². The summed E-state index contributed by atoms with van der Waals surface area (Å²) in [4.78, 5) is 116. The lowest BCUT2D eigenvalue weighted by Gasteiger charge is -2.48. The molecule has 3 aliphatic heterocycles. The second-order valence-corrected chi connectivity index (χ2v) is 11.3. The SMILES string of the molecule is CC(=O)OC[C@H]1O[C@H](O[C@H]2[C@H](OC(C)=O)[C@@H](OC(C)=O)[C@H](ON3C(=O)CCC3=O)O[C@@H]2COC(C)=O)[C@H](OC(C)=O)[C@@H](OC(C)=O)[C@@H]1OC(C)=O. The molecule has 0 aliphatic carbocycles. The molecule has 3 fully saturated rings. The van der Waals surface area contributed by atoms with Crippen molar-refractivity contribution < 1.29 is 95.4 Å². The van der Waals surface area contributed by atoms with E-state index in [1.54, 1.807) is 0 Å². The Morgan fingerprint density at radius 1 is 0.510 bits per heavy atom. The van der Waals surface area contributed by atoms with Gasteiger partial charge in [0.15, 0.2) is 36.8 Å². The molecule has 3 saturated heterocycles. The quantitative estimate of drug-likeness (QED) is 0.121. The van der Waals surface area contributed by atoms with Crippen molar-refractivity contribution in [2.24, 2.45) is 0 Å². The fourth-order valence-corrected chi connectivity index (χ4v) is 5.33. The standard InChI is InChI=1S/C30H39NO20/c1-12(32)41-10-19-23(43-14(3)34)25(44-15(4)35)27(46-17(6)37)29(48-19)50-24-20(11-42-13(2)33)49-30(51-31-21(39)8-9-22(31)40)28(47-18(7)38)26(24)45-16(5)36/h19-20,23-30H,8-11H2,1-7H3/t19-,20-,23-,24-,25+,26+,27-,28-,29-,30+/m1/s1. The van der Waals surface area contributed by atoms with Crippen molar-refractivity contribution in [3.05, 3.63) is 0 Å². The van der Waals surface area contributed by atoms with Gasteiger partial charge in [-0.15, -0.1) is 0 Å². The van der Waals surface area contributed by atoms with E-state index in [9.17, 15) is 43.2 Å². The molecule has 21 heteroatoms. The van der Waals surface area contributed by atoms with Crippen molar-refractivity contribution in [2.75, 3.05) is 13.2 Å². The number of hydroxylamine groups is 2. The first kappa shape index (κ1) is 40.7. The summed E-state index contributed by atoms with van der Waals surface area (Å²) >= 11 is 0. The first-order valence-corrected chi connectivity index (χ1v) is 15.5. The molecular weight excluding hydrogens is 694 g/mol. The lowest BCUT2D eigenvalue weighted by atomic mass is 9.96. The predicted molar refractivity (Wildman–Crippen MR) is 155 cm³/mol. The van der Waals surface area contributed by atoms with E-state index >= 15 is 0 Å². The molecule has 10 atom stereocenters. The molecule has 3 heterocycles. The molecule has 51 heavy (non-hydrogen) atoms. The first-order chi connectivity index (χ1) is 23.9. The molecule has 3 rings (SSSR count). The average molecular weight is 734 g/mol. The number of ether oxygens (including phenoxy) is 10. The smallest absolute Gasteiger partial charge is 0.303 e. The van der Waals surface area contributed by atoms with Gasteiger partial charge in [0, 0.05) is 61.3 Å². The average Bonchev–Trinajstić information content (AvgIpc) is 3.31. The van der Waals surface area contributed by atoms with Crippen molar-refractivity contribution in [3.63, 3.8) is 0 Å². The number of hydrogen-bond donors (Lipinski definition) is 0. The Morgan fingerprint density at radius 3 is 1.29 bits per heavy atom. The Balaban J connectivity index is 2.16. The van der Waals surface area contributed by atoms with Gasteiger partial charge in [-0.3, -0.25) is 43.2 Å². The summed E-state index contributed by atoms with van der Waals surface area (Å²) in [5.74, 6) is -7.88. The van der Waals surface area contributed by atoms with E-state index in [0.717, 1.165) is 48.5 Å². The Hall–Kier alpha value is -4.73. The summed E-state index contributed by atoms with van der Waals surface area (Å²) in [6.07, 6.45) is -17.5. The topological polar surface area (TPSA) is 258 Å². The highest BCUT2D eigenvalue weighted by Crippen LogP contribution is 2.36. The third-order valence-electron chi connectivity index (χ3n) is 7.10. The predicted octanol–water partition coefficient (Wildman–Crippen LogP) is -1.31. The highest BCUT2D eigenvalue weighted by Gasteiger charge is 2.58. The third-order valence-corrected chi connectivity index (χ3v) is 7.10. The summed E-state index contributed by atoms with van der Waals surface area (Å²) in [5.41, 5.74) is 0. The molecule has 0 spiro atoms. The summed E-state index contributed by atoms with van der Waals surface area (Å²) in [6, 6.07) is 0. The maximum Gasteiger partial charge on any atom is 0.303 e. The molecule has 2 amide bonds. The van der Waals surface area contributed by atoms with Gasteiger partial charge in [-0.05, 0) is 0 Å². The van der Waals surface area contributed by atoms with Gasteiger partial charge in [0.25, 0.3) is 11.8 Å². The van der Waals surface area contributed by atoms with Crippen LogP contribution in [0.1, 0.15) is 61.3 Å². The minimum absolute atomic E-state index is 0.206. The van der Waals surface area contributed by atoms with Gasteiger partial charge in [-0.1, -0.05) is 0 Å². The summed E-state index contributed by atoms with van der Waals surface area (Å²) < 4.78 is 55.5. The molecular formula is C30H39NO20. The van der Waals surface area contributed by atoms with E-state index in [1.165, 1.54) is 0 Å². The van der Waals surface area contributed by atoms with Gasteiger partial charge in [-0.2, -0.15) is 5.06 Å². The van der Waals surface area contributed by atoms with E-state index in [2.05, 4.69) is 0 Å². The van der Waals surface area contributed by atoms with Crippen LogP contribution in [0.15, 0.2) is 0 Å².